The fourth-order valence-electron chi connectivity index (χ4n) is 4.67. The van der Waals surface area contributed by atoms with Crippen LogP contribution in [0.4, 0.5) is 0 Å². The van der Waals surface area contributed by atoms with E-state index in [2.05, 4.69) is 47.5 Å². The number of hydrogen-bond acceptors (Lipinski definition) is 3. The third-order valence-corrected chi connectivity index (χ3v) is 7.68. The van der Waals surface area contributed by atoms with Crippen LogP contribution in [-0.2, 0) is 24.2 Å². The molecule has 1 aromatic heterocycles. The van der Waals surface area contributed by atoms with Gasteiger partial charge in [0.25, 0.3) is 0 Å². The molecule has 0 bridgehead atoms. The number of nitrogens with zero attached hydrogens (tertiary/aromatic N) is 2. The third-order valence-electron chi connectivity index (χ3n) is 6.68. The van der Waals surface area contributed by atoms with Crippen molar-refractivity contribution in [3.63, 3.8) is 0 Å². The number of carbonyl (C=O) groups excluding carboxylic acids is 1. The van der Waals surface area contributed by atoms with E-state index in [-0.39, 0.29) is 0 Å². The van der Waals surface area contributed by atoms with Crippen molar-refractivity contribution in [2.45, 2.75) is 58.4 Å². The molecule has 4 rings (SSSR count). The molecule has 2 fully saturated rings. The zero-order valence-corrected chi connectivity index (χ0v) is 18.6. The van der Waals surface area contributed by atoms with Crippen LogP contribution >= 0.6 is 11.3 Å². The SMILES string of the molecule is Cc1ccsc1CN1CCC(Cc2ccc(CCC(=O)N3CCCC3)cc2)CC1. The summed E-state index contributed by atoms with van der Waals surface area (Å²) in [7, 11) is 0. The van der Waals surface area contributed by atoms with Gasteiger partial charge in [-0.1, -0.05) is 24.3 Å². The first-order valence-electron chi connectivity index (χ1n) is 11.3. The molecule has 0 N–H and O–H groups in total. The molecule has 29 heavy (non-hydrogen) atoms. The Morgan fingerprint density at radius 1 is 1.00 bits per heavy atom. The lowest BCUT2D eigenvalue weighted by Gasteiger charge is -2.32. The molecule has 0 spiro atoms. The minimum absolute atomic E-state index is 0.330. The average molecular weight is 411 g/mol. The lowest BCUT2D eigenvalue weighted by Crippen LogP contribution is -2.33. The van der Waals surface area contributed by atoms with Crippen molar-refractivity contribution in [3.05, 3.63) is 57.3 Å². The number of benzene rings is 1. The first kappa shape index (κ1) is 20.6. The van der Waals surface area contributed by atoms with E-state index in [0.29, 0.717) is 12.3 Å². The Kier molecular flexibility index (Phi) is 7.04. The number of aryl methyl sites for hydroxylation is 2. The third kappa shape index (κ3) is 5.70. The van der Waals surface area contributed by atoms with Crippen LogP contribution in [0.15, 0.2) is 35.7 Å². The summed E-state index contributed by atoms with van der Waals surface area (Å²) in [5.74, 6) is 1.13. The topological polar surface area (TPSA) is 23.6 Å². The summed E-state index contributed by atoms with van der Waals surface area (Å²) in [4.78, 5) is 18.4. The number of thiophene rings is 1. The highest BCUT2D eigenvalue weighted by Gasteiger charge is 2.20. The van der Waals surface area contributed by atoms with Gasteiger partial charge in [0.1, 0.15) is 0 Å². The quantitative estimate of drug-likeness (QED) is 0.636. The molecule has 2 aromatic rings. The van der Waals surface area contributed by atoms with Crippen LogP contribution in [0.2, 0.25) is 0 Å². The van der Waals surface area contributed by atoms with Gasteiger partial charge in [0.15, 0.2) is 0 Å². The summed E-state index contributed by atoms with van der Waals surface area (Å²) >= 11 is 1.90. The normalized spacial score (nSPS) is 18.4. The zero-order chi connectivity index (χ0) is 20.1. The van der Waals surface area contributed by atoms with Gasteiger partial charge in [-0.25, -0.2) is 0 Å². The number of amides is 1. The summed E-state index contributed by atoms with van der Waals surface area (Å²) in [6.45, 7) is 7.72. The molecule has 3 heterocycles. The van der Waals surface area contributed by atoms with E-state index >= 15 is 0 Å². The smallest absolute Gasteiger partial charge is 0.222 e. The molecule has 0 unspecified atom stereocenters. The van der Waals surface area contributed by atoms with E-state index in [0.717, 1.165) is 32.0 Å². The highest BCUT2D eigenvalue weighted by molar-refractivity contribution is 7.10. The van der Waals surface area contributed by atoms with Crippen molar-refractivity contribution >= 4 is 17.2 Å². The molecular formula is C25H34N2OS. The zero-order valence-electron chi connectivity index (χ0n) is 17.7. The number of rotatable bonds is 7. The van der Waals surface area contributed by atoms with Crippen LogP contribution in [0.5, 0.6) is 0 Å². The highest BCUT2D eigenvalue weighted by Crippen LogP contribution is 2.25. The van der Waals surface area contributed by atoms with Crippen molar-refractivity contribution in [1.82, 2.24) is 9.80 Å². The second-order valence-corrected chi connectivity index (χ2v) is 9.86. The Morgan fingerprint density at radius 3 is 2.34 bits per heavy atom. The molecule has 4 heteroatoms. The van der Waals surface area contributed by atoms with Crippen LogP contribution in [0.1, 0.15) is 53.7 Å². The Morgan fingerprint density at radius 2 is 1.69 bits per heavy atom. The lowest BCUT2D eigenvalue weighted by atomic mass is 9.89. The maximum Gasteiger partial charge on any atom is 0.222 e. The van der Waals surface area contributed by atoms with Crippen molar-refractivity contribution in [1.29, 1.82) is 0 Å². The van der Waals surface area contributed by atoms with Gasteiger partial charge in [0.05, 0.1) is 0 Å². The molecule has 3 nitrogen and oxygen atoms in total. The second-order valence-electron chi connectivity index (χ2n) is 8.85. The van der Waals surface area contributed by atoms with Gasteiger partial charge in [-0.05, 0) is 92.6 Å². The van der Waals surface area contributed by atoms with Crippen molar-refractivity contribution in [3.8, 4) is 0 Å². The van der Waals surface area contributed by atoms with E-state index < -0.39 is 0 Å². The van der Waals surface area contributed by atoms with E-state index in [1.807, 2.05) is 16.2 Å². The number of piperidine rings is 1. The minimum atomic E-state index is 0.330. The first-order chi connectivity index (χ1) is 14.2. The maximum atomic E-state index is 12.2. The Balaban J connectivity index is 1.19. The van der Waals surface area contributed by atoms with E-state index in [4.69, 9.17) is 0 Å². The molecule has 0 aliphatic carbocycles. The standard InChI is InChI=1S/C25H34N2OS/c1-20-12-17-29-24(20)19-26-15-10-23(11-16-26)18-22-6-4-21(5-7-22)8-9-25(28)27-13-2-3-14-27/h4-7,12,17,23H,2-3,8-11,13-16,18-19H2,1H3. The van der Waals surface area contributed by atoms with Crippen molar-refractivity contribution in [2.24, 2.45) is 5.92 Å². The van der Waals surface area contributed by atoms with Crippen molar-refractivity contribution < 1.29 is 4.79 Å². The predicted molar refractivity (Wildman–Crippen MR) is 121 cm³/mol. The Labute approximate surface area is 179 Å². The molecule has 2 saturated heterocycles. The summed E-state index contributed by atoms with van der Waals surface area (Å²) in [6.07, 6.45) is 7.67. The number of hydrogen-bond donors (Lipinski definition) is 0. The Bertz CT molecular complexity index is 783. The number of likely N-dealkylation sites (tertiary alicyclic amines) is 2. The van der Waals surface area contributed by atoms with Crippen molar-refractivity contribution in [2.75, 3.05) is 26.2 Å². The monoisotopic (exact) mass is 410 g/mol. The fraction of sp³-hybridized carbons (Fsp3) is 0.560. The van der Waals surface area contributed by atoms with Gasteiger partial charge in [-0.3, -0.25) is 9.69 Å². The van der Waals surface area contributed by atoms with Crippen LogP contribution in [-0.4, -0.2) is 41.9 Å². The molecule has 2 aliphatic rings. The van der Waals surface area contributed by atoms with E-state index in [1.165, 1.54) is 66.8 Å². The van der Waals surface area contributed by atoms with Crippen LogP contribution in [0.25, 0.3) is 0 Å². The van der Waals surface area contributed by atoms with Gasteiger partial charge < -0.3 is 4.90 Å². The van der Waals surface area contributed by atoms with Gasteiger partial charge in [0, 0.05) is 30.9 Å². The second kappa shape index (κ2) is 9.90. The summed E-state index contributed by atoms with van der Waals surface area (Å²) in [5.41, 5.74) is 4.19. The molecule has 0 radical (unpaired) electrons. The predicted octanol–water partition coefficient (Wildman–Crippen LogP) is 5.07. The summed E-state index contributed by atoms with van der Waals surface area (Å²) < 4.78 is 0. The van der Waals surface area contributed by atoms with Crippen LogP contribution in [0, 0.1) is 12.8 Å². The maximum absolute atomic E-state index is 12.2. The van der Waals surface area contributed by atoms with E-state index in [1.54, 1.807) is 0 Å². The molecule has 0 saturated carbocycles. The number of carbonyl (C=O) groups is 1. The molecule has 0 atom stereocenters. The first-order valence-corrected chi connectivity index (χ1v) is 12.2. The van der Waals surface area contributed by atoms with Crippen LogP contribution in [0.3, 0.4) is 0 Å². The van der Waals surface area contributed by atoms with Gasteiger partial charge >= 0.3 is 0 Å². The van der Waals surface area contributed by atoms with E-state index in [9.17, 15) is 4.79 Å². The van der Waals surface area contributed by atoms with Gasteiger partial charge in [0.2, 0.25) is 5.91 Å². The minimum Gasteiger partial charge on any atom is -0.343 e. The van der Waals surface area contributed by atoms with Gasteiger partial charge in [-0.2, -0.15) is 0 Å². The largest absolute Gasteiger partial charge is 0.343 e. The van der Waals surface area contributed by atoms with Crippen LogP contribution < -0.4 is 0 Å². The lowest BCUT2D eigenvalue weighted by molar-refractivity contribution is -0.130. The van der Waals surface area contributed by atoms with Gasteiger partial charge in [-0.15, -0.1) is 11.3 Å². The molecular weight excluding hydrogens is 376 g/mol. The summed E-state index contributed by atoms with van der Waals surface area (Å²) in [5, 5.41) is 2.21. The molecule has 156 valence electrons. The highest BCUT2D eigenvalue weighted by atomic mass is 32.1. The molecule has 1 amide bonds. The molecule has 2 aliphatic heterocycles. The molecule has 1 aromatic carbocycles. The average Bonchev–Trinajstić information content (AvgIpc) is 3.41. The Hall–Kier alpha value is -1.65. The summed E-state index contributed by atoms with van der Waals surface area (Å²) in [6, 6.07) is 11.3. The fourth-order valence-corrected chi connectivity index (χ4v) is 5.62.